The Hall–Kier alpha value is -1.39. The molecule has 18 heavy (non-hydrogen) atoms. The van der Waals surface area contributed by atoms with Gasteiger partial charge in [-0.3, -0.25) is 9.48 Å². The fourth-order valence-corrected chi connectivity index (χ4v) is 1.74. The number of rotatable bonds is 9. The SMILES string of the molecule is CCCCCCCC(=O)NCc1cn(CC)nn1. The monoisotopic (exact) mass is 252 g/mol. The zero-order valence-electron chi connectivity index (χ0n) is 11.5. The second kappa shape index (κ2) is 8.66. The average Bonchev–Trinajstić information content (AvgIpc) is 2.84. The Morgan fingerprint density at radius 3 is 2.72 bits per heavy atom. The lowest BCUT2D eigenvalue weighted by Gasteiger charge is -2.02. The van der Waals surface area contributed by atoms with Gasteiger partial charge < -0.3 is 5.32 Å². The van der Waals surface area contributed by atoms with E-state index >= 15 is 0 Å². The van der Waals surface area contributed by atoms with Gasteiger partial charge in [-0.25, -0.2) is 0 Å². The van der Waals surface area contributed by atoms with Crippen LogP contribution in [0.2, 0.25) is 0 Å². The number of hydrogen-bond acceptors (Lipinski definition) is 3. The third-order valence-electron chi connectivity index (χ3n) is 2.88. The van der Waals surface area contributed by atoms with Crippen molar-refractivity contribution in [2.24, 2.45) is 0 Å². The van der Waals surface area contributed by atoms with Gasteiger partial charge in [0, 0.05) is 13.0 Å². The molecule has 1 rings (SSSR count). The van der Waals surface area contributed by atoms with Crippen molar-refractivity contribution in [2.75, 3.05) is 0 Å². The zero-order valence-corrected chi connectivity index (χ0v) is 11.5. The topological polar surface area (TPSA) is 59.8 Å². The summed E-state index contributed by atoms with van der Waals surface area (Å²) in [4.78, 5) is 11.6. The minimum absolute atomic E-state index is 0.109. The van der Waals surface area contributed by atoms with Crippen molar-refractivity contribution >= 4 is 5.91 Å². The van der Waals surface area contributed by atoms with Crippen LogP contribution in [0.4, 0.5) is 0 Å². The van der Waals surface area contributed by atoms with E-state index in [0.717, 1.165) is 25.1 Å². The Kier molecular flexibility index (Phi) is 7.06. The van der Waals surface area contributed by atoms with Gasteiger partial charge in [0.2, 0.25) is 5.91 Å². The summed E-state index contributed by atoms with van der Waals surface area (Å²) in [6, 6.07) is 0. The number of carbonyl (C=O) groups excluding carboxylic acids is 1. The van der Waals surface area contributed by atoms with E-state index in [1.807, 2.05) is 13.1 Å². The standard InChI is InChI=1S/C13H24N4O/c1-3-5-6-7-8-9-13(18)14-10-12-11-17(4-2)16-15-12/h11H,3-10H2,1-2H3,(H,14,18). The molecule has 102 valence electrons. The van der Waals surface area contributed by atoms with Gasteiger partial charge in [0.25, 0.3) is 0 Å². The van der Waals surface area contributed by atoms with Gasteiger partial charge in [0.15, 0.2) is 0 Å². The summed E-state index contributed by atoms with van der Waals surface area (Å²) in [6.07, 6.45) is 8.34. The van der Waals surface area contributed by atoms with Crippen LogP contribution in [-0.2, 0) is 17.9 Å². The van der Waals surface area contributed by atoms with Crippen LogP contribution in [0.1, 0.15) is 58.1 Å². The highest BCUT2D eigenvalue weighted by atomic mass is 16.1. The highest BCUT2D eigenvalue weighted by molar-refractivity contribution is 5.75. The maximum absolute atomic E-state index is 11.6. The largest absolute Gasteiger partial charge is 0.350 e. The summed E-state index contributed by atoms with van der Waals surface area (Å²) in [5, 5.41) is 10.8. The second-order valence-corrected chi connectivity index (χ2v) is 4.51. The first-order valence-electron chi connectivity index (χ1n) is 6.92. The first-order chi connectivity index (χ1) is 8.76. The van der Waals surface area contributed by atoms with E-state index in [0.29, 0.717) is 13.0 Å². The van der Waals surface area contributed by atoms with E-state index in [4.69, 9.17) is 0 Å². The molecule has 0 unspecified atom stereocenters. The Bertz CT molecular complexity index is 349. The number of hydrogen-bond donors (Lipinski definition) is 1. The molecule has 0 saturated heterocycles. The fourth-order valence-electron chi connectivity index (χ4n) is 1.74. The van der Waals surface area contributed by atoms with E-state index in [9.17, 15) is 4.79 Å². The molecule has 5 heteroatoms. The van der Waals surface area contributed by atoms with E-state index in [1.54, 1.807) is 4.68 Å². The molecular formula is C13H24N4O. The number of carbonyl (C=O) groups is 1. The van der Waals surface area contributed by atoms with E-state index < -0.39 is 0 Å². The molecule has 0 atom stereocenters. The molecule has 0 saturated carbocycles. The molecule has 0 bridgehead atoms. The van der Waals surface area contributed by atoms with Gasteiger partial charge in [-0.05, 0) is 13.3 Å². The van der Waals surface area contributed by atoms with E-state index in [1.165, 1.54) is 19.3 Å². The van der Waals surface area contributed by atoms with Crippen molar-refractivity contribution in [3.8, 4) is 0 Å². The average molecular weight is 252 g/mol. The molecule has 0 aliphatic carbocycles. The molecule has 0 fully saturated rings. The highest BCUT2D eigenvalue weighted by Gasteiger charge is 2.03. The van der Waals surface area contributed by atoms with E-state index in [2.05, 4.69) is 22.6 Å². The molecule has 1 aromatic heterocycles. The third-order valence-corrected chi connectivity index (χ3v) is 2.88. The molecule has 0 aliphatic heterocycles. The number of amides is 1. The summed E-state index contributed by atoms with van der Waals surface area (Å²) in [5.41, 5.74) is 0.816. The van der Waals surface area contributed by atoms with Crippen LogP contribution in [0.3, 0.4) is 0 Å². The summed E-state index contributed by atoms with van der Waals surface area (Å²) in [5.74, 6) is 0.109. The maximum atomic E-state index is 11.6. The number of nitrogens with one attached hydrogen (secondary N) is 1. The second-order valence-electron chi connectivity index (χ2n) is 4.51. The molecule has 0 aromatic carbocycles. The lowest BCUT2D eigenvalue weighted by Crippen LogP contribution is -2.22. The number of aryl methyl sites for hydroxylation is 1. The van der Waals surface area contributed by atoms with Crippen LogP contribution in [0, 0.1) is 0 Å². The molecule has 1 heterocycles. The fraction of sp³-hybridized carbons (Fsp3) is 0.769. The van der Waals surface area contributed by atoms with Crippen molar-refractivity contribution in [1.82, 2.24) is 20.3 Å². The number of aromatic nitrogens is 3. The Labute approximate surface area is 109 Å². The predicted octanol–water partition coefficient (Wildman–Crippen LogP) is 2.27. The Morgan fingerprint density at radius 2 is 2.06 bits per heavy atom. The minimum Gasteiger partial charge on any atom is -0.350 e. The zero-order chi connectivity index (χ0) is 13.2. The van der Waals surface area contributed by atoms with Crippen molar-refractivity contribution in [2.45, 2.75) is 65.5 Å². The first kappa shape index (κ1) is 14.7. The van der Waals surface area contributed by atoms with Crippen LogP contribution < -0.4 is 5.32 Å². The third kappa shape index (κ3) is 5.80. The Balaban J connectivity index is 2.09. The van der Waals surface area contributed by atoms with Crippen molar-refractivity contribution in [3.63, 3.8) is 0 Å². The summed E-state index contributed by atoms with van der Waals surface area (Å²) < 4.78 is 1.76. The van der Waals surface area contributed by atoms with E-state index in [-0.39, 0.29) is 5.91 Å². The molecule has 0 radical (unpaired) electrons. The number of unbranched alkanes of at least 4 members (excludes halogenated alkanes) is 4. The van der Waals surface area contributed by atoms with Crippen molar-refractivity contribution in [1.29, 1.82) is 0 Å². The molecule has 5 nitrogen and oxygen atoms in total. The van der Waals surface area contributed by atoms with Gasteiger partial charge in [-0.15, -0.1) is 5.10 Å². The highest BCUT2D eigenvalue weighted by Crippen LogP contribution is 2.04. The molecule has 1 amide bonds. The van der Waals surface area contributed by atoms with Crippen LogP contribution in [-0.4, -0.2) is 20.9 Å². The summed E-state index contributed by atoms with van der Waals surface area (Å²) in [6.45, 7) is 5.48. The van der Waals surface area contributed by atoms with Gasteiger partial charge >= 0.3 is 0 Å². The summed E-state index contributed by atoms with van der Waals surface area (Å²) >= 11 is 0. The maximum Gasteiger partial charge on any atom is 0.220 e. The van der Waals surface area contributed by atoms with Crippen LogP contribution in [0.25, 0.3) is 0 Å². The van der Waals surface area contributed by atoms with Gasteiger partial charge in [0.1, 0.15) is 5.69 Å². The molecule has 0 aliphatic rings. The lowest BCUT2D eigenvalue weighted by atomic mass is 10.1. The number of nitrogens with zero attached hydrogens (tertiary/aromatic N) is 3. The van der Waals surface area contributed by atoms with Crippen molar-refractivity contribution < 1.29 is 4.79 Å². The van der Waals surface area contributed by atoms with Gasteiger partial charge in [0.05, 0.1) is 12.7 Å². The molecule has 1 aromatic rings. The lowest BCUT2D eigenvalue weighted by molar-refractivity contribution is -0.121. The molecule has 1 N–H and O–H groups in total. The van der Waals surface area contributed by atoms with Crippen LogP contribution >= 0.6 is 0 Å². The first-order valence-corrected chi connectivity index (χ1v) is 6.92. The molecular weight excluding hydrogens is 228 g/mol. The smallest absolute Gasteiger partial charge is 0.220 e. The van der Waals surface area contributed by atoms with Crippen LogP contribution in [0.15, 0.2) is 6.20 Å². The van der Waals surface area contributed by atoms with Crippen molar-refractivity contribution in [3.05, 3.63) is 11.9 Å². The quantitative estimate of drug-likeness (QED) is 0.686. The molecule has 0 spiro atoms. The Morgan fingerprint density at radius 1 is 1.28 bits per heavy atom. The minimum atomic E-state index is 0.109. The predicted molar refractivity (Wildman–Crippen MR) is 70.9 cm³/mol. The van der Waals surface area contributed by atoms with Crippen LogP contribution in [0.5, 0.6) is 0 Å². The summed E-state index contributed by atoms with van der Waals surface area (Å²) in [7, 11) is 0. The van der Waals surface area contributed by atoms with Gasteiger partial charge in [-0.2, -0.15) is 0 Å². The normalized spacial score (nSPS) is 10.6. The van der Waals surface area contributed by atoms with Gasteiger partial charge in [-0.1, -0.05) is 37.8 Å².